The van der Waals surface area contributed by atoms with Gasteiger partial charge >= 0.3 is 0 Å². The monoisotopic (exact) mass is 283 g/mol. The lowest BCUT2D eigenvalue weighted by Crippen LogP contribution is -2.39. The van der Waals surface area contributed by atoms with Crippen LogP contribution in [-0.2, 0) is 6.42 Å². The zero-order valence-electron chi connectivity index (χ0n) is 11.5. The molecule has 2 unspecified atom stereocenters. The molecule has 100 valence electrons. The molecule has 0 aliphatic carbocycles. The van der Waals surface area contributed by atoms with Gasteiger partial charge in [0, 0.05) is 22.4 Å². The number of hydrogen-bond donors (Lipinski definition) is 1. The number of thiazole rings is 1. The second kappa shape index (κ2) is 5.61. The summed E-state index contributed by atoms with van der Waals surface area (Å²) in [5, 5.41) is 5.72. The SMILES string of the molecule is CCc1cnc(C(C)N=C2NC(C)(CC)CS2)s1. The summed E-state index contributed by atoms with van der Waals surface area (Å²) in [6.45, 7) is 8.75. The zero-order chi connectivity index (χ0) is 13.2. The molecular weight excluding hydrogens is 262 g/mol. The molecule has 3 nitrogen and oxygen atoms in total. The molecule has 2 heterocycles. The van der Waals surface area contributed by atoms with Gasteiger partial charge in [-0.25, -0.2) is 4.98 Å². The number of thioether (sulfide) groups is 1. The predicted molar refractivity (Wildman–Crippen MR) is 81.6 cm³/mol. The van der Waals surface area contributed by atoms with Gasteiger partial charge in [0.05, 0.1) is 0 Å². The highest BCUT2D eigenvalue weighted by Gasteiger charge is 2.30. The summed E-state index contributed by atoms with van der Waals surface area (Å²) >= 11 is 3.60. The summed E-state index contributed by atoms with van der Waals surface area (Å²) in [6, 6.07) is 0.157. The van der Waals surface area contributed by atoms with Crippen LogP contribution >= 0.6 is 23.1 Å². The van der Waals surface area contributed by atoms with E-state index in [1.54, 1.807) is 11.3 Å². The highest BCUT2D eigenvalue weighted by Crippen LogP contribution is 2.29. The van der Waals surface area contributed by atoms with Crippen molar-refractivity contribution in [2.45, 2.75) is 52.1 Å². The molecule has 1 aromatic heterocycles. The third-order valence-corrected chi connectivity index (χ3v) is 5.88. The van der Waals surface area contributed by atoms with Crippen LogP contribution in [0.15, 0.2) is 11.2 Å². The maximum Gasteiger partial charge on any atom is 0.157 e. The minimum absolute atomic E-state index is 0.157. The third kappa shape index (κ3) is 3.06. The smallest absolute Gasteiger partial charge is 0.157 e. The number of hydrogen-bond acceptors (Lipinski definition) is 4. The average Bonchev–Trinajstić information content (AvgIpc) is 2.97. The van der Waals surface area contributed by atoms with Gasteiger partial charge < -0.3 is 5.32 Å². The van der Waals surface area contributed by atoms with Crippen molar-refractivity contribution < 1.29 is 0 Å². The average molecular weight is 283 g/mol. The highest BCUT2D eigenvalue weighted by molar-refractivity contribution is 8.14. The van der Waals surface area contributed by atoms with Crippen LogP contribution in [0.4, 0.5) is 0 Å². The first-order valence-corrected chi connectivity index (χ1v) is 8.30. The van der Waals surface area contributed by atoms with Gasteiger partial charge in [-0.3, -0.25) is 4.99 Å². The molecule has 0 radical (unpaired) electrons. The van der Waals surface area contributed by atoms with E-state index in [0.29, 0.717) is 0 Å². The van der Waals surface area contributed by atoms with Crippen LogP contribution in [-0.4, -0.2) is 21.4 Å². The molecule has 1 N–H and O–H groups in total. The fourth-order valence-corrected chi connectivity index (χ4v) is 3.86. The Kier molecular flexibility index (Phi) is 4.33. The molecule has 1 saturated heterocycles. The Balaban J connectivity index is 2.05. The Hall–Kier alpha value is -0.550. The van der Waals surface area contributed by atoms with Gasteiger partial charge in [0.1, 0.15) is 11.0 Å². The number of rotatable bonds is 4. The second-order valence-electron chi connectivity index (χ2n) is 4.96. The van der Waals surface area contributed by atoms with Gasteiger partial charge in [-0.1, -0.05) is 25.6 Å². The molecule has 1 aromatic rings. The summed E-state index contributed by atoms with van der Waals surface area (Å²) in [7, 11) is 0. The molecule has 5 heteroatoms. The van der Waals surface area contributed by atoms with Crippen LogP contribution in [0.5, 0.6) is 0 Å². The number of aromatic nitrogens is 1. The van der Waals surface area contributed by atoms with E-state index in [4.69, 9.17) is 4.99 Å². The minimum atomic E-state index is 0.157. The zero-order valence-corrected chi connectivity index (χ0v) is 13.1. The molecule has 1 aliphatic rings. The number of aryl methyl sites for hydroxylation is 1. The molecule has 0 aromatic carbocycles. The Morgan fingerprint density at radius 1 is 1.56 bits per heavy atom. The summed E-state index contributed by atoms with van der Waals surface area (Å²) in [5.74, 6) is 1.10. The minimum Gasteiger partial charge on any atom is -0.359 e. The molecule has 1 fully saturated rings. The lowest BCUT2D eigenvalue weighted by atomic mass is 10.0. The van der Waals surface area contributed by atoms with E-state index in [9.17, 15) is 0 Å². The largest absolute Gasteiger partial charge is 0.359 e. The van der Waals surface area contributed by atoms with Crippen molar-refractivity contribution >= 4 is 28.3 Å². The van der Waals surface area contributed by atoms with E-state index in [0.717, 1.165) is 28.8 Å². The molecule has 0 saturated carbocycles. The predicted octanol–water partition coefficient (Wildman–Crippen LogP) is 3.63. The van der Waals surface area contributed by atoms with E-state index in [2.05, 4.69) is 38.0 Å². The van der Waals surface area contributed by atoms with Crippen molar-refractivity contribution in [1.82, 2.24) is 10.3 Å². The quantitative estimate of drug-likeness (QED) is 0.917. The number of nitrogens with one attached hydrogen (secondary N) is 1. The summed E-state index contributed by atoms with van der Waals surface area (Å²) in [4.78, 5) is 10.5. The van der Waals surface area contributed by atoms with Crippen molar-refractivity contribution in [2.75, 3.05) is 5.75 Å². The molecule has 0 amide bonds. The molecule has 0 bridgehead atoms. The molecule has 0 spiro atoms. The van der Waals surface area contributed by atoms with E-state index < -0.39 is 0 Å². The van der Waals surface area contributed by atoms with Crippen LogP contribution in [0, 0.1) is 0 Å². The molecular formula is C13H21N3S2. The van der Waals surface area contributed by atoms with Gasteiger partial charge in [-0.15, -0.1) is 11.3 Å². The van der Waals surface area contributed by atoms with Crippen molar-refractivity contribution in [3.8, 4) is 0 Å². The number of amidine groups is 1. The Labute approximate surface area is 118 Å². The second-order valence-corrected chi connectivity index (χ2v) is 7.07. The lowest BCUT2D eigenvalue weighted by molar-refractivity contribution is 0.465. The first-order valence-electron chi connectivity index (χ1n) is 6.49. The summed E-state index contributed by atoms with van der Waals surface area (Å²) in [6.07, 6.45) is 4.16. The van der Waals surface area contributed by atoms with Crippen LogP contribution < -0.4 is 5.32 Å². The maximum absolute atomic E-state index is 4.75. The van der Waals surface area contributed by atoms with Crippen molar-refractivity contribution in [1.29, 1.82) is 0 Å². The van der Waals surface area contributed by atoms with E-state index >= 15 is 0 Å². The molecule has 2 rings (SSSR count). The van der Waals surface area contributed by atoms with Crippen LogP contribution in [0.1, 0.15) is 50.0 Å². The van der Waals surface area contributed by atoms with Crippen molar-refractivity contribution in [3.63, 3.8) is 0 Å². The normalized spacial score (nSPS) is 27.4. The summed E-state index contributed by atoms with van der Waals surface area (Å²) < 4.78 is 0. The van der Waals surface area contributed by atoms with Crippen molar-refractivity contribution in [2.24, 2.45) is 4.99 Å². The van der Waals surface area contributed by atoms with Gasteiger partial charge in [0.25, 0.3) is 0 Å². The van der Waals surface area contributed by atoms with Gasteiger partial charge in [0.15, 0.2) is 5.17 Å². The van der Waals surface area contributed by atoms with Crippen LogP contribution in [0.3, 0.4) is 0 Å². The fourth-order valence-electron chi connectivity index (χ4n) is 1.73. The van der Waals surface area contributed by atoms with Crippen molar-refractivity contribution in [3.05, 3.63) is 16.1 Å². The first kappa shape index (κ1) is 13.9. The van der Waals surface area contributed by atoms with E-state index in [1.807, 2.05) is 18.0 Å². The lowest BCUT2D eigenvalue weighted by Gasteiger charge is -2.21. The van der Waals surface area contributed by atoms with Crippen LogP contribution in [0.25, 0.3) is 0 Å². The van der Waals surface area contributed by atoms with Gasteiger partial charge in [0.2, 0.25) is 0 Å². The molecule has 1 aliphatic heterocycles. The fraction of sp³-hybridized carbons (Fsp3) is 0.692. The number of nitrogens with zero attached hydrogens (tertiary/aromatic N) is 2. The Morgan fingerprint density at radius 2 is 2.33 bits per heavy atom. The Bertz CT molecular complexity index is 441. The van der Waals surface area contributed by atoms with E-state index in [1.165, 1.54) is 4.88 Å². The third-order valence-electron chi connectivity index (χ3n) is 3.30. The van der Waals surface area contributed by atoms with Gasteiger partial charge in [-0.2, -0.15) is 0 Å². The number of aliphatic imine (C=N–C) groups is 1. The molecule has 2 atom stereocenters. The standard InChI is InChI=1S/C13H21N3S2/c1-5-10-7-14-11(18-10)9(3)15-12-16-13(4,6-2)8-17-12/h7,9H,5-6,8H2,1-4H3,(H,15,16). The van der Waals surface area contributed by atoms with Crippen LogP contribution in [0.2, 0.25) is 0 Å². The first-order chi connectivity index (χ1) is 8.56. The molecule has 18 heavy (non-hydrogen) atoms. The Morgan fingerprint density at radius 3 is 2.89 bits per heavy atom. The van der Waals surface area contributed by atoms with Gasteiger partial charge in [-0.05, 0) is 26.7 Å². The van der Waals surface area contributed by atoms with E-state index in [-0.39, 0.29) is 11.6 Å². The summed E-state index contributed by atoms with van der Waals surface area (Å²) in [5.41, 5.74) is 0.209. The highest BCUT2D eigenvalue weighted by atomic mass is 32.2. The maximum atomic E-state index is 4.75. The topological polar surface area (TPSA) is 37.3 Å².